The van der Waals surface area contributed by atoms with Crippen LogP contribution < -0.4 is 5.32 Å². The summed E-state index contributed by atoms with van der Waals surface area (Å²) in [4.78, 5) is 4.37. The van der Waals surface area contributed by atoms with Gasteiger partial charge in [0.05, 0.1) is 17.5 Å². The molecule has 4 nitrogen and oxygen atoms in total. The molecule has 1 heterocycles. The number of nitrogens with one attached hydrogen (secondary N) is 1. The Morgan fingerprint density at radius 3 is 2.52 bits per heavy atom. The quantitative estimate of drug-likeness (QED) is 0.753. The summed E-state index contributed by atoms with van der Waals surface area (Å²) in [5, 5.41) is 10.8. The Morgan fingerprint density at radius 1 is 0.960 bits per heavy atom. The maximum Gasteiger partial charge on any atom is 0.416 e. The van der Waals surface area contributed by atoms with Gasteiger partial charge in [-0.2, -0.15) is 18.3 Å². The molecule has 0 spiro atoms. The first-order valence-corrected chi connectivity index (χ1v) is 7.67. The molecule has 3 aromatic rings. The molecule has 0 aliphatic heterocycles. The Balaban J connectivity index is 1.63. The van der Waals surface area contributed by atoms with Gasteiger partial charge in [0, 0.05) is 12.1 Å². The number of alkyl halides is 3. The van der Waals surface area contributed by atoms with Crippen molar-refractivity contribution >= 4 is 5.95 Å². The third-order valence-electron chi connectivity index (χ3n) is 3.58. The predicted molar refractivity (Wildman–Crippen MR) is 88.9 cm³/mol. The van der Waals surface area contributed by atoms with Gasteiger partial charge in [-0.3, -0.25) is 0 Å². The number of anilines is 1. The Morgan fingerprint density at radius 2 is 1.76 bits per heavy atom. The second-order valence-electron chi connectivity index (χ2n) is 5.41. The summed E-state index contributed by atoms with van der Waals surface area (Å²) in [7, 11) is 0. The summed E-state index contributed by atoms with van der Waals surface area (Å²) in [6.45, 7) is 0.404. The normalized spacial score (nSPS) is 11.3. The molecule has 0 bridgehead atoms. The Labute approximate surface area is 142 Å². The first-order valence-electron chi connectivity index (χ1n) is 7.67. The van der Waals surface area contributed by atoms with Crippen LogP contribution in [0.3, 0.4) is 0 Å². The molecule has 2 aromatic carbocycles. The van der Waals surface area contributed by atoms with E-state index in [-0.39, 0.29) is 0 Å². The van der Waals surface area contributed by atoms with Crippen molar-refractivity contribution in [3.8, 4) is 11.3 Å². The molecular formula is C18H15F3N4. The van der Waals surface area contributed by atoms with Crippen LogP contribution in [0.5, 0.6) is 0 Å². The van der Waals surface area contributed by atoms with Crippen molar-refractivity contribution in [1.29, 1.82) is 0 Å². The summed E-state index contributed by atoms with van der Waals surface area (Å²) in [5.41, 5.74) is 1.54. The maximum absolute atomic E-state index is 12.7. The van der Waals surface area contributed by atoms with Gasteiger partial charge in [0.1, 0.15) is 0 Å². The van der Waals surface area contributed by atoms with Crippen molar-refractivity contribution in [3.63, 3.8) is 0 Å². The number of rotatable bonds is 5. The van der Waals surface area contributed by atoms with Gasteiger partial charge in [-0.25, -0.2) is 4.98 Å². The summed E-state index contributed by atoms with van der Waals surface area (Å²) in [6, 6.07) is 14.8. The van der Waals surface area contributed by atoms with E-state index in [4.69, 9.17) is 0 Å². The van der Waals surface area contributed by atoms with Crippen LogP contribution in [0.1, 0.15) is 11.1 Å². The van der Waals surface area contributed by atoms with Crippen molar-refractivity contribution in [2.45, 2.75) is 12.6 Å². The zero-order valence-corrected chi connectivity index (χ0v) is 13.2. The van der Waals surface area contributed by atoms with Crippen LogP contribution in [-0.2, 0) is 12.6 Å². The van der Waals surface area contributed by atoms with Crippen LogP contribution in [0.2, 0.25) is 0 Å². The molecule has 0 radical (unpaired) electrons. The highest BCUT2D eigenvalue weighted by Crippen LogP contribution is 2.29. The lowest BCUT2D eigenvalue weighted by atomic mass is 10.1. The molecule has 0 unspecified atom stereocenters. The predicted octanol–water partition coefficient (Wildman–Crippen LogP) is 4.21. The average molecular weight is 344 g/mol. The molecule has 128 valence electrons. The second kappa shape index (κ2) is 7.29. The average Bonchev–Trinajstić information content (AvgIpc) is 2.62. The van der Waals surface area contributed by atoms with E-state index in [0.29, 0.717) is 30.2 Å². The summed E-state index contributed by atoms with van der Waals surface area (Å²) < 4.78 is 38.2. The molecule has 0 amide bonds. The lowest BCUT2D eigenvalue weighted by Gasteiger charge is -2.09. The SMILES string of the molecule is FC(F)(F)c1cccc(CCNc2nncc(-c3ccccc3)n2)c1. The number of halogens is 3. The largest absolute Gasteiger partial charge is 0.416 e. The summed E-state index contributed by atoms with van der Waals surface area (Å²) in [6.07, 6.45) is -2.35. The molecule has 0 saturated heterocycles. The van der Waals surface area contributed by atoms with E-state index < -0.39 is 11.7 Å². The molecule has 7 heteroatoms. The molecule has 3 rings (SSSR count). The van der Waals surface area contributed by atoms with E-state index >= 15 is 0 Å². The fourth-order valence-electron chi connectivity index (χ4n) is 2.35. The van der Waals surface area contributed by atoms with Crippen molar-refractivity contribution in [2.24, 2.45) is 0 Å². The molecule has 25 heavy (non-hydrogen) atoms. The lowest BCUT2D eigenvalue weighted by Crippen LogP contribution is -2.10. The Bertz CT molecular complexity index is 835. The number of hydrogen-bond acceptors (Lipinski definition) is 4. The molecule has 0 atom stereocenters. The van der Waals surface area contributed by atoms with Gasteiger partial charge >= 0.3 is 6.18 Å². The molecule has 1 N–H and O–H groups in total. The third kappa shape index (κ3) is 4.53. The van der Waals surface area contributed by atoms with Crippen molar-refractivity contribution in [2.75, 3.05) is 11.9 Å². The fraction of sp³-hybridized carbons (Fsp3) is 0.167. The summed E-state index contributed by atoms with van der Waals surface area (Å²) in [5.74, 6) is 0.341. The zero-order chi connectivity index (χ0) is 17.7. The molecular weight excluding hydrogens is 329 g/mol. The standard InChI is InChI=1S/C18H15F3N4/c19-18(20,21)15-8-4-5-13(11-15)9-10-22-17-24-16(12-23-25-17)14-6-2-1-3-7-14/h1-8,11-12H,9-10H2,(H,22,24,25). The van der Waals surface area contributed by atoms with Crippen LogP contribution in [0.4, 0.5) is 19.1 Å². The second-order valence-corrected chi connectivity index (χ2v) is 5.41. The van der Waals surface area contributed by atoms with Gasteiger partial charge in [0.2, 0.25) is 5.95 Å². The van der Waals surface area contributed by atoms with Crippen LogP contribution in [0.25, 0.3) is 11.3 Å². The number of nitrogens with zero attached hydrogens (tertiary/aromatic N) is 3. The van der Waals surface area contributed by atoms with Gasteiger partial charge in [-0.1, -0.05) is 48.5 Å². The first kappa shape index (κ1) is 16.9. The Hall–Kier alpha value is -2.96. The van der Waals surface area contributed by atoms with Crippen LogP contribution in [0.15, 0.2) is 60.8 Å². The summed E-state index contributed by atoms with van der Waals surface area (Å²) >= 11 is 0. The molecule has 0 saturated carbocycles. The molecule has 1 aromatic heterocycles. The fourth-order valence-corrected chi connectivity index (χ4v) is 2.35. The van der Waals surface area contributed by atoms with Gasteiger partial charge in [0.25, 0.3) is 0 Å². The van der Waals surface area contributed by atoms with Crippen molar-refractivity contribution in [3.05, 3.63) is 71.9 Å². The molecule has 0 aliphatic rings. The minimum atomic E-state index is -4.33. The van der Waals surface area contributed by atoms with E-state index in [2.05, 4.69) is 20.5 Å². The first-order chi connectivity index (χ1) is 12.0. The highest BCUT2D eigenvalue weighted by molar-refractivity contribution is 5.58. The lowest BCUT2D eigenvalue weighted by molar-refractivity contribution is -0.137. The van der Waals surface area contributed by atoms with Gasteiger partial charge in [-0.05, 0) is 18.1 Å². The van der Waals surface area contributed by atoms with E-state index in [1.807, 2.05) is 30.3 Å². The number of benzene rings is 2. The van der Waals surface area contributed by atoms with E-state index in [1.165, 1.54) is 6.07 Å². The zero-order valence-electron chi connectivity index (χ0n) is 13.2. The van der Waals surface area contributed by atoms with Gasteiger partial charge in [-0.15, -0.1) is 5.10 Å². The van der Waals surface area contributed by atoms with E-state index in [0.717, 1.165) is 17.7 Å². The monoisotopic (exact) mass is 344 g/mol. The van der Waals surface area contributed by atoms with Crippen molar-refractivity contribution < 1.29 is 13.2 Å². The van der Waals surface area contributed by atoms with Crippen molar-refractivity contribution in [1.82, 2.24) is 15.2 Å². The van der Waals surface area contributed by atoms with Crippen LogP contribution >= 0.6 is 0 Å². The topological polar surface area (TPSA) is 50.7 Å². The third-order valence-corrected chi connectivity index (χ3v) is 3.58. The van der Waals surface area contributed by atoms with Gasteiger partial charge in [0.15, 0.2) is 0 Å². The highest BCUT2D eigenvalue weighted by Gasteiger charge is 2.30. The highest BCUT2D eigenvalue weighted by atomic mass is 19.4. The van der Waals surface area contributed by atoms with Crippen LogP contribution in [0, 0.1) is 0 Å². The molecule has 0 aliphatic carbocycles. The smallest absolute Gasteiger partial charge is 0.353 e. The van der Waals surface area contributed by atoms with Gasteiger partial charge < -0.3 is 5.32 Å². The van der Waals surface area contributed by atoms with Crippen LogP contribution in [-0.4, -0.2) is 21.7 Å². The molecule has 0 fully saturated rings. The minimum absolute atomic E-state index is 0.341. The number of hydrogen-bond donors (Lipinski definition) is 1. The Kier molecular flexibility index (Phi) is 4.92. The minimum Gasteiger partial charge on any atom is -0.353 e. The van der Waals surface area contributed by atoms with E-state index in [1.54, 1.807) is 12.3 Å². The number of aromatic nitrogens is 3. The van der Waals surface area contributed by atoms with E-state index in [9.17, 15) is 13.2 Å². The maximum atomic E-state index is 12.7.